The van der Waals surface area contributed by atoms with E-state index in [-0.39, 0.29) is 47.0 Å². The zero-order chi connectivity index (χ0) is 20.3. The van der Waals surface area contributed by atoms with Crippen LogP contribution in [0.1, 0.15) is 0 Å². The summed E-state index contributed by atoms with van der Waals surface area (Å²) in [5.41, 5.74) is 4.48. The number of phenols is 2. The summed E-state index contributed by atoms with van der Waals surface area (Å²) >= 11 is 0. The molecule has 3 rings (SSSR count). The van der Waals surface area contributed by atoms with Crippen LogP contribution in [0.3, 0.4) is 0 Å². The van der Waals surface area contributed by atoms with Gasteiger partial charge in [-0.15, -0.1) is 0 Å². The second-order valence-electron chi connectivity index (χ2n) is 5.81. The molecule has 0 atom stereocenters. The summed E-state index contributed by atoms with van der Waals surface area (Å²) in [6, 6.07) is 5.03. The van der Waals surface area contributed by atoms with Crippen LogP contribution in [0.15, 0.2) is 39.5 Å². The quantitative estimate of drug-likeness (QED) is 0.528. The Morgan fingerprint density at radius 3 is 2.54 bits per heavy atom. The second-order valence-corrected chi connectivity index (χ2v) is 5.81. The molecule has 4 N–H and O–H groups in total. The summed E-state index contributed by atoms with van der Waals surface area (Å²) in [4.78, 5) is 12.9. The monoisotopic (exact) mass is 393 g/mol. The predicted octanol–water partition coefficient (Wildman–Crippen LogP) is 2.50. The largest absolute Gasteiger partial charge is 0.508 e. The molecule has 0 fully saturated rings. The lowest BCUT2D eigenvalue weighted by Gasteiger charge is -2.13. The predicted molar refractivity (Wildman–Crippen MR) is 96.5 cm³/mol. The van der Waals surface area contributed by atoms with Crippen LogP contribution >= 0.6 is 0 Å². The summed E-state index contributed by atoms with van der Waals surface area (Å²) in [6.07, 6.45) is 0. The molecule has 3 aromatic rings. The Balaban J connectivity index is 2.14. The van der Waals surface area contributed by atoms with Crippen molar-refractivity contribution >= 4 is 11.0 Å². The van der Waals surface area contributed by atoms with Gasteiger partial charge in [0, 0.05) is 24.2 Å². The minimum Gasteiger partial charge on any atom is -0.508 e. The van der Waals surface area contributed by atoms with Gasteiger partial charge >= 0.3 is 0 Å². The highest BCUT2D eigenvalue weighted by atomic mass is 19.2. The van der Waals surface area contributed by atoms with Crippen LogP contribution in [-0.2, 0) is 4.74 Å². The van der Waals surface area contributed by atoms with Crippen LogP contribution in [0.25, 0.3) is 22.3 Å². The van der Waals surface area contributed by atoms with E-state index >= 15 is 0 Å². The maximum absolute atomic E-state index is 13.7. The SMILES string of the molecule is NCCOCCOc1c(-c2ccc(F)c(F)c2)oc2cc(O)cc(O)c2c1=O. The van der Waals surface area contributed by atoms with Crippen molar-refractivity contribution in [2.75, 3.05) is 26.4 Å². The number of nitrogens with two attached hydrogens (primary N) is 1. The van der Waals surface area contributed by atoms with Crippen molar-refractivity contribution in [1.29, 1.82) is 0 Å². The Bertz CT molecular complexity index is 1070. The first kappa shape index (κ1) is 19.6. The van der Waals surface area contributed by atoms with E-state index in [9.17, 15) is 23.8 Å². The normalized spacial score (nSPS) is 11.1. The van der Waals surface area contributed by atoms with Gasteiger partial charge < -0.3 is 29.8 Å². The molecule has 0 saturated carbocycles. The number of rotatable bonds is 7. The summed E-state index contributed by atoms with van der Waals surface area (Å²) in [5, 5.41) is 19.4. The van der Waals surface area contributed by atoms with E-state index in [0.29, 0.717) is 13.2 Å². The van der Waals surface area contributed by atoms with Crippen LogP contribution < -0.4 is 15.9 Å². The molecule has 148 valence electrons. The van der Waals surface area contributed by atoms with E-state index < -0.39 is 22.8 Å². The van der Waals surface area contributed by atoms with Crippen molar-refractivity contribution in [1.82, 2.24) is 0 Å². The van der Waals surface area contributed by atoms with Crippen LogP contribution in [0.2, 0.25) is 0 Å². The second kappa shape index (κ2) is 8.24. The van der Waals surface area contributed by atoms with E-state index in [1.165, 1.54) is 6.07 Å². The van der Waals surface area contributed by atoms with Crippen molar-refractivity contribution in [3.8, 4) is 28.6 Å². The van der Waals surface area contributed by atoms with E-state index in [4.69, 9.17) is 19.6 Å². The smallest absolute Gasteiger partial charge is 0.239 e. The molecule has 0 aliphatic heterocycles. The topological polar surface area (TPSA) is 115 Å². The first-order valence-electron chi connectivity index (χ1n) is 8.31. The van der Waals surface area contributed by atoms with Gasteiger partial charge in [0.15, 0.2) is 17.4 Å². The van der Waals surface area contributed by atoms with E-state index in [2.05, 4.69) is 0 Å². The molecule has 1 heterocycles. The van der Waals surface area contributed by atoms with Gasteiger partial charge in [0.1, 0.15) is 29.1 Å². The Morgan fingerprint density at radius 1 is 1.04 bits per heavy atom. The van der Waals surface area contributed by atoms with Gasteiger partial charge in [0.05, 0.1) is 13.2 Å². The van der Waals surface area contributed by atoms with Crippen molar-refractivity contribution in [2.24, 2.45) is 5.73 Å². The Morgan fingerprint density at radius 2 is 1.82 bits per heavy atom. The molecule has 2 aromatic carbocycles. The average molecular weight is 393 g/mol. The van der Waals surface area contributed by atoms with Gasteiger partial charge in [-0.25, -0.2) is 8.78 Å². The number of phenolic OH excluding ortho intramolecular Hbond substituents is 2. The minimum absolute atomic E-state index is 0.0404. The molecule has 0 amide bonds. The van der Waals surface area contributed by atoms with E-state index in [1.54, 1.807) is 0 Å². The van der Waals surface area contributed by atoms with Crippen LogP contribution in [0.5, 0.6) is 17.2 Å². The fourth-order valence-electron chi connectivity index (χ4n) is 2.61. The van der Waals surface area contributed by atoms with E-state index in [0.717, 1.165) is 24.3 Å². The zero-order valence-corrected chi connectivity index (χ0v) is 14.6. The molecule has 0 spiro atoms. The van der Waals surface area contributed by atoms with Gasteiger partial charge in [-0.3, -0.25) is 4.79 Å². The molecule has 0 aliphatic carbocycles. The average Bonchev–Trinajstić information content (AvgIpc) is 2.64. The zero-order valence-electron chi connectivity index (χ0n) is 14.6. The van der Waals surface area contributed by atoms with Gasteiger partial charge in [-0.2, -0.15) is 0 Å². The van der Waals surface area contributed by atoms with Gasteiger partial charge in [-0.05, 0) is 18.2 Å². The number of ether oxygens (including phenoxy) is 2. The van der Waals surface area contributed by atoms with Gasteiger partial charge in [0.2, 0.25) is 11.2 Å². The number of aromatic hydroxyl groups is 2. The van der Waals surface area contributed by atoms with E-state index in [1.807, 2.05) is 0 Å². The van der Waals surface area contributed by atoms with Crippen molar-refractivity contribution in [2.45, 2.75) is 0 Å². The molecular formula is C19H17F2NO6. The number of halogens is 2. The first-order valence-corrected chi connectivity index (χ1v) is 8.31. The number of benzene rings is 2. The van der Waals surface area contributed by atoms with Crippen molar-refractivity contribution < 1.29 is 32.9 Å². The molecule has 0 bridgehead atoms. The van der Waals surface area contributed by atoms with Crippen molar-refractivity contribution in [3.63, 3.8) is 0 Å². The number of hydrogen-bond donors (Lipinski definition) is 3. The summed E-state index contributed by atoms with van der Waals surface area (Å²) in [6.45, 7) is 0.681. The Labute approximate surface area is 157 Å². The maximum Gasteiger partial charge on any atom is 0.239 e. The lowest BCUT2D eigenvalue weighted by atomic mass is 10.1. The first-order chi connectivity index (χ1) is 13.4. The summed E-state index contributed by atoms with van der Waals surface area (Å²) < 4.78 is 43.2. The molecule has 0 saturated heterocycles. The molecule has 7 nitrogen and oxygen atoms in total. The van der Waals surface area contributed by atoms with Crippen LogP contribution in [0, 0.1) is 11.6 Å². The third-order valence-corrected chi connectivity index (χ3v) is 3.84. The van der Waals surface area contributed by atoms with Crippen LogP contribution in [-0.4, -0.2) is 36.6 Å². The molecule has 9 heteroatoms. The number of fused-ring (bicyclic) bond motifs is 1. The van der Waals surface area contributed by atoms with Gasteiger partial charge in [0.25, 0.3) is 0 Å². The highest BCUT2D eigenvalue weighted by molar-refractivity contribution is 5.88. The third-order valence-electron chi connectivity index (χ3n) is 3.84. The van der Waals surface area contributed by atoms with Crippen LogP contribution in [0.4, 0.5) is 8.78 Å². The summed E-state index contributed by atoms with van der Waals surface area (Å²) in [5.74, 6) is -3.55. The Kier molecular flexibility index (Phi) is 5.76. The fourth-order valence-corrected chi connectivity index (χ4v) is 2.61. The molecular weight excluding hydrogens is 376 g/mol. The Hall–Kier alpha value is -3.17. The number of hydrogen-bond acceptors (Lipinski definition) is 7. The summed E-state index contributed by atoms with van der Waals surface area (Å²) in [7, 11) is 0. The fraction of sp³-hybridized carbons (Fsp3) is 0.211. The lowest BCUT2D eigenvalue weighted by molar-refractivity contribution is 0.105. The molecule has 0 aliphatic rings. The van der Waals surface area contributed by atoms with Gasteiger partial charge in [-0.1, -0.05) is 0 Å². The molecule has 0 radical (unpaired) electrons. The minimum atomic E-state index is -1.14. The highest BCUT2D eigenvalue weighted by Crippen LogP contribution is 2.36. The highest BCUT2D eigenvalue weighted by Gasteiger charge is 2.21. The lowest BCUT2D eigenvalue weighted by Crippen LogP contribution is -2.16. The standard InChI is InChI=1S/C19H17F2NO6/c20-12-2-1-10(7-13(12)21)18-19(27-6-5-26-4-3-22)17(25)16-14(24)8-11(23)9-15(16)28-18/h1-2,7-9,23-24H,3-6,22H2. The molecule has 28 heavy (non-hydrogen) atoms. The third kappa shape index (κ3) is 3.90. The maximum atomic E-state index is 13.7. The molecule has 1 aromatic heterocycles. The molecule has 0 unspecified atom stereocenters. The van der Waals surface area contributed by atoms with Crippen molar-refractivity contribution in [3.05, 3.63) is 52.2 Å².